The van der Waals surface area contributed by atoms with Crippen molar-refractivity contribution < 1.29 is 13.6 Å². The molecule has 1 aliphatic carbocycles. The van der Waals surface area contributed by atoms with E-state index in [1.54, 1.807) is 0 Å². The number of H-pyrrole nitrogens is 1. The van der Waals surface area contributed by atoms with Gasteiger partial charge in [-0.2, -0.15) is 5.10 Å². The lowest BCUT2D eigenvalue weighted by atomic mass is 10.1. The first-order valence-electron chi connectivity index (χ1n) is 6.52. The Morgan fingerprint density at radius 3 is 2.95 bits per heavy atom. The summed E-state index contributed by atoms with van der Waals surface area (Å²) in [5, 5.41) is 10.1. The summed E-state index contributed by atoms with van der Waals surface area (Å²) in [5.41, 5.74) is 2.07. The van der Waals surface area contributed by atoms with Crippen LogP contribution in [-0.4, -0.2) is 46.6 Å². The highest BCUT2D eigenvalue weighted by molar-refractivity contribution is 5.94. The van der Waals surface area contributed by atoms with Crippen LogP contribution in [0.4, 0.5) is 8.78 Å². The van der Waals surface area contributed by atoms with Crippen LogP contribution in [-0.2, 0) is 13.0 Å². The van der Waals surface area contributed by atoms with Crippen molar-refractivity contribution in [2.45, 2.75) is 38.3 Å². The second-order valence-electron chi connectivity index (χ2n) is 5.04. The van der Waals surface area contributed by atoms with Gasteiger partial charge in [-0.3, -0.25) is 9.89 Å². The molecule has 1 aromatic rings. The number of aromatic amines is 1. The van der Waals surface area contributed by atoms with Crippen LogP contribution in [0, 0.1) is 0 Å². The molecule has 0 bridgehead atoms. The summed E-state index contributed by atoms with van der Waals surface area (Å²) in [7, 11) is 0. The quantitative estimate of drug-likeness (QED) is 0.855. The number of carbonyl (C=O) groups excluding carboxylic acids is 1. The highest BCUT2D eigenvalue weighted by Crippen LogP contribution is 2.29. The van der Waals surface area contributed by atoms with E-state index < -0.39 is 13.0 Å². The maximum absolute atomic E-state index is 12.6. The molecule has 5 nitrogen and oxygen atoms in total. The van der Waals surface area contributed by atoms with E-state index in [1.165, 1.54) is 4.90 Å². The van der Waals surface area contributed by atoms with Crippen LogP contribution in [0.25, 0.3) is 0 Å². The number of nitrogens with zero attached hydrogens (tertiary/aromatic N) is 2. The summed E-state index contributed by atoms with van der Waals surface area (Å²) in [4.78, 5) is 13.7. The molecular formula is C12H16F2N4O. The SMILES string of the molecule is O=C(c1n[nH]c2c1CNCC2)N(CC(F)F)C1CC1. The summed E-state index contributed by atoms with van der Waals surface area (Å²) in [6.45, 7) is 0.908. The maximum Gasteiger partial charge on any atom is 0.275 e. The second kappa shape index (κ2) is 4.88. The second-order valence-corrected chi connectivity index (χ2v) is 5.04. The van der Waals surface area contributed by atoms with Crippen LogP contribution in [0.5, 0.6) is 0 Å². The number of aromatic nitrogens is 2. The summed E-state index contributed by atoms with van der Waals surface area (Å²) in [6, 6.07) is -0.0367. The van der Waals surface area contributed by atoms with Crippen molar-refractivity contribution in [2.24, 2.45) is 0 Å². The fraction of sp³-hybridized carbons (Fsp3) is 0.667. The van der Waals surface area contributed by atoms with Gasteiger partial charge in [0.25, 0.3) is 12.3 Å². The molecule has 104 valence electrons. The molecule has 3 rings (SSSR count). The molecule has 7 heteroatoms. The molecule has 0 spiro atoms. The molecule has 1 amide bonds. The van der Waals surface area contributed by atoms with Gasteiger partial charge in [0.05, 0.1) is 6.54 Å². The molecule has 1 fully saturated rings. The van der Waals surface area contributed by atoms with E-state index in [2.05, 4.69) is 15.5 Å². The van der Waals surface area contributed by atoms with Gasteiger partial charge >= 0.3 is 0 Å². The Balaban J connectivity index is 1.83. The molecule has 1 aliphatic heterocycles. The van der Waals surface area contributed by atoms with E-state index in [4.69, 9.17) is 0 Å². The Hall–Kier alpha value is -1.50. The standard InChI is InChI=1S/C12H16F2N4O/c13-10(14)6-18(7-1-2-7)12(19)11-8-5-15-4-3-9(8)16-17-11/h7,10,15H,1-6H2,(H,16,17). The summed E-state index contributed by atoms with van der Waals surface area (Å²) < 4.78 is 25.2. The molecule has 1 aromatic heterocycles. The zero-order valence-corrected chi connectivity index (χ0v) is 10.5. The minimum absolute atomic E-state index is 0.0367. The topological polar surface area (TPSA) is 61.0 Å². The predicted octanol–water partition coefficient (Wildman–Crippen LogP) is 0.925. The number of fused-ring (bicyclic) bond motifs is 1. The normalized spacial score (nSPS) is 18.5. The van der Waals surface area contributed by atoms with Crippen molar-refractivity contribution in [2.75, 3.05) is 13.1 Å². The number of hydrogen-bond donors (Lipinski definition) is 2. The van der Waals surface area contributed by atoms with Gasteiger partial charge in [-0.25, -0.2) is 8.78 Å². The Kier molecular flexibility index (Phi) is 3.22. The maximum atomic E-state index is 12.6. The van der Waals surface area contributed by atoms with Crippen molar-refractivity contribution in [1.29, 1.82) is 0 Å². The fourth-order valence-electron chi connectivity index (χ4n) is 2.47. The number of alkyl halides is 2. The van der Waals surface area contributed by atoms with Crippen LogP contribution >= 0.6 is 0 Å². The first-order chi connectivity index (χ1) is 9.16. The molecular weight excluding hydrogens is 254 g/mol. The molecule has 19 heavy (non-hydrogen) atoms. The molecule has 1 saturated carbocycles. The lowest BCUT2D eigenvalue weighted by Gasteiger charge is -2.22. The molecule has 2 N–H and O–H groups in total. The van der Waals surface area contributed by atoms with E-state index in [0.717, 1.165) is 37.1 Å². The minimum atomic E-state index is -2.50. The highest BCUT2D eigenvalue weighted by Gasteiger charge is 2.37. The lowest BCUT2D eigenvalue weighted by Crippen LogP contribution is -2.38. The van der Waals surface area contributed by atoms with Gasteiger partial charge in [0, 0.05) is 36.8 Å². The summed E-state index contributed by atoms with van der Waals surface area (Å²) >= 11 is 0. The van der Waals surface area contributed by atoms with Crippen molar-refractivity contribution in [3.8, 4) is 0 Å². The Labute approximate surface area is 109 Å². The molecule has 2 aliphatic rings. The van der Waals surface area contributed by atoms with Gasteiger partial charge in [0.1, 0.15) is 0 Å². The van der Waals surface area contributed by atoms with Crippen molar-refractivity contribution in [3.05, 3.63) is 17.0 Å². The largest absolute Gasteiger partial charge is 0.329 e. The molecule has 0 atom stereocenters. The molecule has 2 heterocycles. The zero-order chi connectivity index (χ0) is 13.4. The number of hydrogen-bond acceptors (Lipinski definition) is 3. The van der Waals surface area contributed by atoms with Crippen molar-refractivity contribution in [3.63, 3.8) is 0 Å². The van der Waals surface area contributed by atoms with Gasteiger partial charge in [0.15, 0.2) is 5.69 Å². The smallest absolute Gasteiger partial charge is 0.275 e. The Bertz CT molecular complexity index is 484. The van der Waals surface area contributed by atoms with Crippen molar-refractivity contribution in [1.82, 2.24) is 20.4 Å². The molecule has 0 aromatic carbocycles. The summed E-state index contributed by atoms with van der Waals surface area (Å²) in [5.74, 6) is -0.371. The van der Waals surface area contributed by atoms with Crippen LogP contribution < -0.4 is 5.32 Å². The number of amides is 1. The van der Waals surface area contributed by atoms with E-state index in [0.29, 0.717) is 12.2 Å². The summed E-state index contributed by atoms with van der Waals surface area (Å²) in [6.07, 6.45) is -0.0991. The monoisotopic (exact) mass is 270 g/mol. The van der Waals surface area contributed by atoms with E-state index in [1.807, 2.05) is 0 Å². The van der Waals surface area contributed by atoms with Crippen LogP contribution in [0.1, 0.15) is 34.6 Å². The van der Waals surface area contributed by atoms with Gasteiger partial charge in [-0.05, 0) is 12.8 Å². The number of rotatable bonds is 4. The zero-order valence-electron chi connectivity index (χ0n) is 10.5. The van der Waals surface area contributed by atoms with E-state index in [-0.39, 0.29) is 11.9 Å². The van der Waals surface area contributed by atoms with Gasteiger partial charge in [-0.1, -0.05) is 0 Å². The minimum Gasteiger partial charge on any atom is -0.329 e. The average Bonchev–Trinajstić information content (AvgIpc) is 3.14. The highest BCUT2D eigenvalue weighted by atomic mass is 19.3. The Morgan fingerprint density at radius 2 is 2.26 bits per heavy atom. The van der Waals surface area contributed by atoms with E-state index in [9.17, 15) is 13.6 Å². The lowest BCUT2D eigenvalue weighted by molar-refractivity contribution is 0.0528. The fourth-order valence-corrected chi connectivity index (χ4v) is 2.47. The number of halogens is 2. The molecule has 0 saturated heterocycles. The third-order valence-electron chi connectivity index (χ3n) is 3.59. The first kappa shape index (κ1) is 12.5. The number of nitrogens with one attached hydrogen (secondary N) is 2. The molecule has 0 radical (unpaired) electrons. The van der Waals surface area contributed by atoms with Gasteiger partial charge in [-0.15, -0.1) is 0 Å². The van der Waals surface area contributed by atoms with E-state index >= 15 is 0 Å². The third kappa shape index (κ3) is 2.47. The van der Waals surface area contributed by atoms with Gasteiger partial charge < -0.3 is 10.2 Å². The molecule has 0 unspecified atom stereocenters. The third-order valence-corrected chi connectivity index (χ3v) is 3.59. The first-order valence-corrected chi connectivity index (χ1v) is 6.52. The number of carbonyl (C=O) groups is 1. The van der Waals surface area contributed by atoms with Crippen molar-refractivity contribution >= 4 is 5.91 Å². The van der Waals surface area contributed by atoms with Crippen LogP contribution in [0.2, 0.25) is 0 Å². The predicted molar refractivity (Wildman–Crippen MR) is 64.1 cm³/mol. The Morgan fingerprint density at radius 1 is 1.47 bits per heavy atom. The van der Waals surface area contributed by atoms with Crippen LogP contribution in [0.3, 0.4) is 0 Å². The van der Waals surface area contributed by atoms with Gasteiger partial charge in [0.2, 0.25) is 0 Å². The average molecular weight is 270 g/mol. The van der Waals surface area contributed by atoms with Crippen LogP contribution in [0.15, 0.2) is 0 Å².